The second kappa shape index (κ2) is 3.28. The minimum Gasteiger partial charge on any atom is -0.342 e. The fourth-order valence-corrected chi connectivity index (χ4v) is 1.70. The van der Waals surface area contributed by atoms with Crippen LogP contribution >= 0.6 is 11.3 Å². The van der Waals surface area contributed by atoms with Gasteiger partial charge < -0.3 is 4.98 Å². The van der Waals surface area contributed by atoms with Gasteiger partial charge in [0, 0.05) is 11.6 Å². The predicted molar refractivity (Wildman–Crippen MR) is 57.1 cm³/mol. The maximum Gasteiger partial charge on any atom is 0.231 e. The molecule has 0 aliphatic rings. The molecule has 2 N–H and O–H groups in total. The Bertz CT molecular complexity index is 572. The van der Waals surface area contributed by atoms with E-state index in [-0.39, 0.29) is 0 Å². The SMILES string of the molecule is c1csc(Nc2ncc3[nH]cnc3n2)n1. The van der Waals surface area contributed by atoms with Crippen LogP contribution in [0.2, 0.25) is 0 Å². The summed E-state index contributed by atoms with van der Waals surface area (Å²) >= 11 is 1.49. The normalized spacial score (nSPS) is 10.7. The summed E-state index contributed by atoms with van der Waals surface area (Å²) in [6, 6.07) is 0. The van der Waals surface area contributed by atoms with Crippen molar-refractivity contribution in [2.24, 2.45) is 0 Å². The van der Waals surface area contributed by atoms with Gasteiger partial charge in [0.05, 0.1) is 12.5 Å². The Balaban J connectivity index is 1.97. The number of nitrogens with zero attached hydrogens (tertiary/aromatic N) is 4. The zero-order chi connectivity index (χ0) is 10.1. The van der Waals surface area contributed by atoms with Gasteiger partial charge >= 0.3 is 0 Å². The Kier molecular flexibility index (Phi) is 1.82. The van der Waals surface area contributed by atoms with Crippen LogP contribution in [0.3, 0.4) is 0 Å². The van der Waals surface area contributed by atoms with Crippen molar-refractivity contribution in [1.29, 1.82) is 0 Å². The van der Waals surface area contributed by atoms with E-state index < -0.39 is 0 Å². The highest BCUT2D eigenvalue weighted by atomic mass is 32.1. The van der Waals surface area contributed by atoms with E-state index in [9.17, 15) is 0 Å². The highest BCUT2D eigenvalue weighted by Crippen LogP contribution is 2.16. The summed E-state index contributed by atoms with van der Waals surface area (Å²) in [5.41, 5.74) is 1.46. The highest BCUT2D eigenvalue weighted by Gasteiger charge is 2.02. The number of nitrogens with one attached hydrogen (secondary N) is 2. The van der Waals surface area contributed by atoms with Crippen molar-refractivity contribution in [3.8, 4) is 0 Å². The van der Waals surface area contributed by atoms with E-state index in [1.165, 1.54) is 11.3 Å². The molecule has 3 aromatic rings. The molecule has 0 fully saturated rings. The number of hydrogen-bond donors (Lipinski definition) is 2. The number of aromatic nitrogens is 5. The van der Waals surface area contributed by atoms with Gasteiger partial charge in [0.1, 0.15) is 5.52 Å². The van der Waals surface area contributed by atoms with Crippen LogP contribution in [0, 0.1) is 0 Å². The predicted octanol–water partition coefficient (Wildman–Crippen LogP) is 1.55. The van der Waals surface area contributed by atoms with Gasteiger partial charge in [0.25, 0.3) is 0 Å². The third kappa shape index (κ3) is 1.52. The van der Waals surface area contributed by atoms with Crippen LogP contribution in [0.4, 0.5) is 11.1 Å². The zero-order valence-electron chi connectivity index (χ0n) is 7.51. The summed E-state index contributed by atoms with van der Waals surface area (Å²) < 4.78 is 0. The number of H-pyrrole nitrogens is 1. The van der Waals surface area contributed by atoms with Crippen LogP contribution in [0.15, 0.2) is 24.1 Å². The lowest BCUT2D eigenvalue weighted by Crippen LogP contribution is -1.96. The zero-order valence-corrected chi connectivity index (χ0v) is 8.32. The lowest BCUT2D eigenvalue weighted by Gasteiger charge is -1.98. The molecule has 0 aromatic carbocycles. The van der Waals surface area contributed by atoms with Crippen LogP contribution in [0.25, 0.3) is 11.2 Å². The molecule has 0 radical (unpaired) electrons. The van der Waals surface area contributed by atoms with E-state index in [2.05, 4.69) is 30.2 Å². The van der Waals surface area contributed by atoms with Gasteiger partial charge in [-0.1, -0.05) is 0 Å². The lowest BCUT2D eigenvalue weighted by atomic mass is 10.6. The summed E-state index contributed by atoms with van der Waals surface area (Å²) in [5.74, 6) is 0.504. The minimum absolute atomic E-state index is 0.504. The number of thiazole rings is 1. The van der Waals surface area contributed by atoms with Crippen LogP contribution in [-0.2, 0) is 0 Å². The molecule has 6 nitrogen and oxygen atoms in total. The molecule has 15 heavy (non-hydrogen) atoms. The molecule has 3 rings (SSSR count). The fourth-order valence-electron chi connectivity index (χ4n) is 1.18. The van der Waals surface area contributed by atoms with Gasteiger partial charge in [-0.15, -0.1) is 11.3 Å². The first-order chi connectivity index (χ1) is 7.42. The quantitative estimate of drug-likeness (QED) is 0.682. The van der Waals surface area contributed by atoms with Gasteiger partial charge in [-0.05, 0) is 0 Å². The summed E-state index contributed by atoms with van der Waals surface area (Å²) in [6.07, 6.45) is 5.00. The standard InChI is InChI=1S/C8H6N6S/c1-2-15-8(9-1)14-7-10-3-5-6(13-7)12-4-11-5/h1-4H,(H2,9,10,11,12,13,14). The molecule has 0 amide bonds. The second-order valence-corrected chi connectivity index (χ2v) is 3.69. The van der Waals surface area contributed by atoms with Gasteiger partial charge in [0.2, 0.25) is 5.95 Å². The Morgan fingerprint density at radius 3 is 3.13 bits per heavy atom. The Hall–Kier alpha value is -2.02. The number of hydrogen-bond acceptors (Lipinski definition) is 6. The Morgan fingerprint density at radius 1 is 1.27 bits per heavy atom. The van der Waals surface area contributed by atoms with E-state index in [4.69, 9.17) is 0 Å². The molecule has 3 aromatic heterocycles. The van der Waals surface area contributed by atoms with Crippen molar-refractivity contribution in [2.45, 2.75) is 0 Å². The summed E-state index contributed by atoms with van der Waals surface area (Å²) in [7, 11) is 0. The Morgan fingerprint density at radius 2 is 2.27 bits per heavy atom. The number of imidazole rings is 1. The first-order valence-electron chi connectivity index (χ1n) is 4.24. The van der Waals surface area contributed by atoms with Crippen molar-refractivity contribution in [3.05, 3.63) is 24.1 Å². The fraction of sp³-hybridized carbons (Fsp3) is 0. The van der Waals surface area contributed by atoms with E-state index in [0.717, 1.165) is 10.6 Å². The monoisotopic (exact) mass is 218 g/mol. The molecule has 3 heterocycles. The lowest BCUT2D eigenvalue weighted by molar-refractivity contribution is 1.19. The average molecular weight is 218 g/mol. The minimum atomic E-state index is 0.504. The third-order valence-corrected chi connectivity index (χ3v) is 2.52. The number of fused-ring (bicyclic) bond motifs is 1. The molecule has 0 aliphatic carbocycles. The van der Waals surface area contributed by atoms with Gasteiger partial charge in [-0.3, -0.25) is 5.32 Å². The van der Waals surface area contributed by atoms with Crippen molar-refractivity contribution in [3.63, 3.8) is 0 Å². The van der Waals surface area contributed by atoms with Crippen LogP contribution in [-0.4, -0.2) is 24.9 Å². The first-order valence-corrected chi connectivity index (χ1v) is 5.12. The molecule has 0 bridgehead atoms. The number of aromatic amines is 1. The van der Waals surface area contributed by atoms with Crippen molar-refractivity contribution >= 4 is 33.6 Å². The molecular weight excluding hydrogens is 212 g/mol. The van der Waals surface area contributed by atoms with Crippen molar-refractivity contribution in [1.82, 2.24) is 24.9 Å². The molecule has 7 heteroatoms. The summed E-state index contributed by atoms with van der Waals surface area (Å²) in [6.45, 7) is 0. The molecule has 0 aliphatic heterocycles. The maximum atomic E-state index is 4.21. The summed E-state index contributed by atoms with van der Waals surface area (Å²) in [4.78, 5) is 19.4. The molecule has 0 spiro atoms. The highest BCUT2D eigenvalue weighted by molar-refractivity contribution is 7.13. The Labute approximate surface area is 88.4 Å². The molecular formula is C8H6N6S. The second-order valence-electron chi connectivity index (χ2n) is 2.80. The van der Waals surface area contributed by atoms with E-state index >= 15 is 0 Å². The first kappa shape index (κ1) is 8.30. The average Bonchev–Trinajstić information content (AvgIpc) is 2.87. The third-order valence-electron chi connectivity index (χ3n) is 1.83. The molecule has 0 saturated heterocycles. The van der Waals surface area contributed by atoms with Crippen LogP contribution < -0.4 is 5.32 Å². The molecule has 0 atom stereocenters. The van der Waals surface area contributed by atoms with Gasteiger partial charge in [0.15, 0.2) is 10.8 Å². The molecule has 74 valence electrons. The topological polar surface area (TPSA) is 79.4 Å². The maximum absolute atomic E-state index is 4.21. The largest absolute Gasteiger partial charge is 0.342 e. The summed E-state index contributed by atoms with van der Waals surface area (Å²) in [5, 5.41) is 5.65. The van der Waals surface area contributed by atoms with Gasteiger partial charge in [-0.2, -0.15) is 4.98 Å². The van der Waals surface area contributed by atoms with Crippen LogP contribution in [0.1, 0.15) is 0 Å². The number of anilines is 2. The van der Waals surface area contributed by atoms with Crippen LogP contribution in [0.5, 0.6) is 0 Å². The van der Waals surface area contributed by atoms with Crippen molar-refractivity contribution < 1.29 is 0 Å². The van der Waals surface area contributed by atoms with Crippen molar-refractivity contribution in [2.75, 3.05) is 5.32 Å². The number of rotatable bonds is 2. The van der Waals surface area contributed by atoms with E-state index in [1.807, 2.05) is 5.38 Å². The smallest absolute Gasteiger partial charge is 0.231 e. The van der Waals surface area contributed by atoms with Gasteiger partial charge in [-0.25, -0.2) is 15.0 Å². The molecule has 0 unspecified atom stereocenters. The molecule has 0 saturated carbocycles. The van der Waals surface area contributed by atoms with E-state index in [1.54, 1.807) is 18.7 Å². The van der Waals surface area contributed by atoms with E-state index in [0.29, 0.717) is 11.6 Å².